The summed E-state index contributed by atoms with van der Waals surface area (Å²) >= 11 is 3.15. The topological polar surface area (TPSA) is 75.6 Å². The third-order valence-electron chi connectivity index (χ3n) is 3.92. The predicted octanol–water partition coefficient (Wildman–Crippen LogP) is 5.40. The molecular formula is C19H11F3INO4S. The Morgan fingerprint density at radius 1 is 1.10 bits per heavy atom. The van der Waals surface area contributed by atoms with Crippen molar-refractivity contribution in [2.75, 3.05) is 12.4 Å². The molecule has 3 rings (SSSR count). The molecule has 29 heavy (non-hydrogen) atoms. The van der Waals surface area contributed by atoms with Crippen LogP contribution in [-0.4, -0.2) is 24.1 Å². The second kappa shape index (κ2) is 8.41. The summed E-state index contributed by atoms with van der Waals surface area (Å²) in [5.74, 6) is -7.78. The predicted molar refractivity (Wildman–Crippen MR) is 110 cm³/mol. The maximum absolute atomic E-state index is 14.3. The van der Waals surface area contributed by atoms with Gasteiger partial charge in [-0.25, -0.2) is 18.0 Å². The Labute approximate surface area is 180 Å². The number of aromatic carboxylic acids is 1. The molecule has 3 aromatic rings. The van der Waals surface area contributed by atoms with E-state index >= 15 is 0 Å². The molecular weight excluding hydrogens is 522 g/mol. The Kier molecular flexibility index (Phi) is 6.13. The van der Waals surface area contributed by atoms with Crippen LogP contribution in [0.3, 0.4) is 0 Å². The van der Waals surface area contributed by atoms with Crippen LogP contribution in [0, 0.1) is 21.0 Å². The number of halogens is 4. The summed E-state index contributed by atoms with van der Waals surface area (Å²) in [5, 5.41) is 13.1. The molecule has 0 unspecified atom stereocenters. The van der Waals surface area contributed by atoms with Gasteiger partial charge in [0.1, 0.15) is 16.9 Å². The molecule has 0 fully saturated rings. The molecule has 2 aromatic carbocycles. The lowest BCUT2D eigenvalue weighted by molar-refractivity contribution is 0.0699. The molecule has 0 atom stereocenters. The van der Waals surface area contributed by atoms with Crippen molar-refractivity contribution in [1.29, 1.82) is 0 Å². The summed E-state index contributed by atoms with van der Waals surface area (Å²) in [5.41, 5.74) is -0.835. The normalized spacial score (nSPS) is 10.7. The van der Waals surface area contributed by atoms with E-state index in [9.17, 15) is 27.9 Å². The molecule has 5 nitrogen and oxygen atoms in total. The summed E-state index contributed by atoms with van der Waals surface area (Å²) in [6, 6.07) is 7.33. The molecule has 0 aliphatic heterocycles. The fraction of sp³-hybridized carbons (Fsp3) is 0.0526. The number of rotatable bonds is 5. The quantitative estimate of drug-likeness (QED) is 0.431. The van der Waals surface area contributed by atoms with Crippen LogP contribution in [0.1, 0.15) is 20.7 Å². The lowest BCUT2D eigenvalue weighted by Crippen LogP contribution is -2.18. The molecule has 2 N–H and O–H groups in total. The van der Waals surface area contributed by atoms with E-state index in [4.69, 9.17) is 0 Å². The van der Waals surface area contributed by atoms with Gasteiger partial charge in [-0.2, -0.15) is 0 Å². The second-order valence-corrected chi connectivity index (χ2v) is 7.81. The largest absolute Gasteiger partial charge is 0.491 e. The van der Waals surface area contributed by atoms with Gasteiger partial charge in [0, 0.05) is 15.0 Å². The number of carboxylic acid groups (broad SMARTS) is 1. The van der Waals surface area contributed by atoms with Crippen LogP contribution >= 0.6 is 33.9 Å². The van der Waals surface area contributed by atoms with E-state index in [1.165, 1.54) is 5.38 Å². The highest BCUT2D eigenvalue weighted by atomic mass is 127. The maximum Gasteiger partial charge on any atom is 0.339 e. The zero-order valence-electron chi connectivity index (χ0n) is 14.6. The first-order chi connectivity index (χ1) is 13.7. The minimum Gasteiger partial charge on any atom is -0.491 e. The number of hydrogen-bond acceptors (Lipinski definition) is 4. The summed E-state index contributed by atoms with van der Waals surface area (Å²) in [7, 11) is 0.968. The van der Waals surface area contributed by atoms with Gasteiger partial charge in [-0.3, -0.25) is 4.79 Å². The number of carbonyl (C=O) groups excluding carboxylic acids is 1. The van der Waals surface area contributed by atoms with Crippen molar-refractivity contribution in [1.82, 2.24) is 0 Å². The van der Waals surface area contributed by atoms with Gasteiger partial charge in [-0.15, -0.1) is 11.3 Å². The van der Waals surface area contributed by atoms with Crippen LogP contribution in [-0.2, 0) is 0 Å². The van der Waals surface area contributed by atoms with E-state index in [0.717, 1.165) is 22.0 Å². The van der Waals surface area contributed by atoms with Gasteiger partial charge >= 0.3 is 5.97 Å². The molecule has 0 radical (unpaired) electrons. The molecule has 0 aliphatic carbocycles. The van der Waals surface area contributed by atoms with Crippen LogP contribution in [0.4, 0.5) is 18.9 Å². The van der Waals surface area contributed by atoms with Gasteiger partial charge < -0.3 is 15.2 Å². The number of carbonyl (C=O) groups is 2. The number of benzene rings is 2. The molecule has 10 heteroatoms. The number of anilines is 1. The van der Waals surface area contributed by atoms with E-state index in [1.807, 2.05) is 0 Å². The van der Waals surface area contributed by atoms with Gasteiger partial charge in [0.25, 0.3) is 5.91 Å². The maximum atomic E-state index is 14.3. The molecule has 150 valence electrons. The summed E-state index contributed by atoms with van der Waals surface area (Å²) < 4.78 is 47.4. The zero-order valence-corrected chi connectivity index (χ0v) is 17.5. The van der Waals surface area contributed by atoms with Gasteiger partial charge in [0.2, 0.25) is 0 Å². The highest BCUT2D eigenvalue weighted by Crippen LogP contribution is 2.37. The third-order valence-corrected chi connectivity index (χ3v) is 5.67. The van der Waals surface area contributed by atoms with E-state index in [2.05, 4.69) is 32.6 Å². The fourth-order valence-corrected chi connectivity index (χ4v) is 3.99. The Morgan fingerprint density at radius 3 is 2.34 bits per heavy atom. The Balaban J connectivity index is 2.02. The fourth-order valence-electron chi connectivity index (χ4n) is 2.63. The third kappa shape index (κ3) is 4.08. The summed E-state index contributed by atoms with van der Waals surface area (Å²) in [6.07, 6.45) is 0. The van der Waals surface area contributed by atoms with Crippen LogP contribution in [0.5, 0.6) is 5.75 Å². The van der Waals surface area contributed by atoms with Gasteiger partial charge in [-0.1, -0.05) is 12.1 Å². The highest BCUT2D eigenvalue weighted by Gasteiger charge is 2.27. The van der Waals surface area contributed by atoms with Crippen molar-refractivity contribution in [3.05, 3.63) is 67.9 Å². The van der Waals surface area contributed by atoms with Crippen LogP contribution in [0.15, 0.2) is 35.7 Å². The highest BCUT2D eigenvalue weighted by molar-refractivity contribution is 14.1. The molecule has 0 bridgehead atoms. The van der Waals surface area contributed by atoms with E-state index < -0.39 is 40.6 Å². The first-order valence-corrected chi connectivity index (χ1v) is 9.84. The van der Waals surface area contributed by atoms with Crippen LogP contribution in [0.2, 0.25) is 0 Å². The first kappa shape index (κ1) is 21.1. The van der Waals surface area contributed by atoms with Crippen molar-refractivity contribution in [2.45, 2.75) is 0 Å². The van der Waals surface area contributed by atoms with Crippen LogP contribution < -0.4 is 10.1 Å². The Bertz CT molecular complexity index is 1120. The first-order valence-electron chi connectivity index (χ1n) is 7.88. The molecule has 0 aliphatic rings. The minimum absolute atomic E-state index is 0.136. The summed E-state index contributed by atoms with van der Waals surface area (Å²) in [6.45, 7) is 0. The minimum atomic E-state index is -1.52. The Morgan fingerprint density at radius 2 is 1.76 bits per heavy atom. The molecule has 1 heterocycles. The molecule has 1 amide bonds. The van der Waals surface area contributed by atoms with E-state index in [1.54, 1.807) is 24.3 Å². The Hall–Kier alpha value is -2.60. The average Bonchev–Trinajstić information content (AvgIpc) is 3.06. The lowest BCUT2D eigenvalue weighted by Gasteiger charge is -2.11. The number of amides is 1. The standard InChI is InChI=1S/C19H11F3INO4S/c1-28-16-11(21)6-10(20)13(15(16)22)18(25)24-12-7-29-17(14(12)19(26)27)8-2-4-9(23)5-3-8/h2-7H,1H3,(H,24,25)(H,26,27). The zero-order chi connectivity index (χ0) is 21.3. The van der Waals surface area contributed by atoms with Gasteiger partial charge in [-0.05, 0) is 40.3 Å². The molecule has 0 spiro atoms. The lowest BCUT2D eigenvalue weighted by atomic mass is 10.1. The van der Waals surface area contributed by atoms with Crippen molar-refractivity contribution in [3.63, 3.8) is 0 Å². The smallest absolute Gasteiger partial charge is 0.339 e. The number of hydrogen-bond donors (Lipinski definition) is 2. The second-order valence-electron chi connectivity index (χ2n) is 5.68. The molecule has 0 saturated carbocycles. The van der Waals surface area contributed by atoms with Crippen molar-refractivity contribution in [3.8, 4) is 16.2 Å². The average molecular weight is 533 g/mol. The van der Waals surface area contributed by atoms with E-state index in [-0.39, 0.29) is 11.3 Å². The van der Waals surface area contributed by atoms with Crippen molar-refractivity contribution >= 4 is 51.5 Å². The van der Waals surface area contributed by atoms with Crippen molar-refractivity contribution < 1.29 is 32.6 Å². The van der Waals surface area contributed by atoms with Crippen LogP contribution in [0.25, 0.3) is 10.4 Å². The number of methoxy groups -OCH3 is 1. The summed E-state index contributed by atoms with van der Waals surface area (Å²) in [4.78, 5) is 24.6. The van der Waals surface area contributed by atoms with Crippen molar-refractivity contribution in [2.24, 2.45) is 0 Å². The molecule has 1 aromatic heterocycles. The number of carboxylic acids is 1. The number of thiophene rings is 1. The number of nitrogens with one attached hydrogen (secondary N) is 1. The van der Waals surface area contributed by atoms with Gasteiger partial charge in [0.05, 0.1) is 17.7 Å². The molecule has 0 saturated heterocycles. The number of ether oxygens (including phenoxy) is 1. The van der Waals surface area contributed by atoms with Gasteiger partial charge in [0.15, 0.2) is 17.4 Å². The SMILES string of the molecule is COc1c(F)cc(F)c(C(=O)Nc2csc(-c3ccc(I)cc3)c2C(=O)O)c1F. The monoisotopic (exact) mass is 533 g/mol. The van der Waals surface area contributed by atoms with E-state index in [0.29, 0.717) is 16.5 Å².